The fraction of sp³-hybridized carbons (Fsp3) is 0.692. The standard InChI is InChI=1S/C26H37N5O6/c1-14-12-15(2)22(16(3)13-14)35-25(32)20-21(27-6)24(31-23(20)28-18(5)29-31)36-26(33)30-10-8-19(9-11-30)17(4)37-34-7/h14-17,19,22H,8-13H2,1-5,7H3,(H,28,29). The van der Waals surface area contributed by atoms with Gasteiger partial charge in [-0.25, -0.2) is 33.7 Å². The Morgan fingerprint density at radius 2 is 1.81 bits per heavy atom. The van der Waals surface area contributed by atoms with Gasteiger partial charge in [0.25, 0.3) is 5.69 Å². The Bertz CT molecular complexity index is 1160. The molecule has 1 aliphatic carbocycles. The van der Waals surface area contributed by atoms with Crippen LogP contribution in [0.4, 0.5) is 10.5 Å². The van der Waals surface area contributed by atoms with E-state index in [1.807, 2.05) is 6.92 Å². The summed E-state index contributed by atoms with van der Waals surface area (Å²) in [5.74, 6) is 1.07. The molecular weight excluding hydrogens is 478 g/mol. The van der Waals surface area contributed by atoms with E-state index >= 15 is 0 Å². The smallest absolute Gasteiger partial charge is 0.415 e. The number of nitrogens with one attached hydrogen (secondary N) is 1. The lowest BCUT2D eigenvalue weighted by Crippen LogP contribution is -2.42. The Hall–Kier alpha value is -3.10. The van der Waals surface area contributed by atoms with Gasteiger partial charge in [0.1, 0.15) is 17.5 Å². The van der Waals surface area contributed by atoms with Crippen LogP contribution in [-0.2, 0) is 14.5 Å². The van der Waals surface area contributed by atoms with Crippen LogP contribution in [0.5, 0.6) is 5.88 Å². The minimum Gasteiger partial charge on any atom is -0.459 e. The van der Waals surface area contributed by atoms with Crippen molar-refractivity contribution in [2.45, 2.75) is 72.5 Å². The molecule has 4 rings (SSSR count). The molecule has 2 fully saturated rings. The van der Waals surface area contributed by atoms with E-state index < -0.39 is 12.1 Å². The van der Waals surface area contributed by atoms with E-state index in [-0.39, 0.29) is 52.7 Å². The lowest BCUT2D eigenvalue weighted by Gasteiger charge is -2.37. The molecule has 202 valence electrons. The molecule has 11 heteroatoms. The highest BCUT2D eigenvalue weighted by Gasteiger charge is 2.38. The fourth-order valence-corrected chi connectivity index (χ4v) is 6.01. The predicted octanol–water partition coefficient (Wildman–Crippen LogP) is 4.93. The quantitative estimate of drug-likeness (QED) is 0.251. The largest absolute Gasteiger partial charge is 0.459 e. The van der Waals surface area contributed by atoms with Crippen molar-refractivity contribution < 1.29 is 28.8 Å². The van der Waals surface area contributed by atoms with Crippen molar-refractivity contribution in [1.82, 2.24) is 19.5 Å². The molecule has 3 atom stereocenters. The average molecular weight is 516 g/mol. The van der Waals surface area contributed by atoms with Gasteiger partial charge in [-0.3, -0.25) is 5.10 Å². The van der Waals surface area contributed by atoms with E-state index in [2.05, 4.69) is 35.7 Å². The van der Waals surface area contributed by atoms with Crippen molar-refractivity contribution in [3.8, 4) is 5.88 Å². The summed E-state index contributed by atoms with van der Waals surface area (Å²) in [6, 6.07) is 0. The number of esters is 1. The zero-order chi connectivity index (χ0) is 26.9. The van der Waals surface area contributed by atoms with Gasteiger partial charge >= 0.3 is 12.1 Å². The molecule has 3 heterocycles. The number of fused-ring (bicyclic) bond motifs is 1. The van der Waals surface area contributed by atoms with E-state index in [1.165, 1.54) is 11.6 Å². The highest BCUT2D eigenvalue weighted by atomic mass is 17.2. The van der Waals surface area contributed by atoms with E-state index in [4.69, 9.17) is 25.8 Å². The minimum atomic E-state index is -0.622. The van der Waals surface area contributed by atoms with Gasteiger partial charge in [-0.1, -0.05) is 20.8 Å². The molecule has 0 bridgehead atoms. The molecule has 0 aromatic carbocycles. The molecule has 2 aromatic rings. The number of ether oxygens (including phenoxy) is 2. The maximum atomic E-state index is 13.4. The highest BCUT2D eigenvalue weighted by Crippen LogP contribution is 2.40. The number of likely N-dealkylation sites (tertiary alicyclic amines) is 1. The third-order valence-electron chi connectivity index (χ3n) is 7.75. The van der Waals surface area contributed by atoms with Crippen LogP contribution in [0.1, 0.15) is 69.6 Å². The third kappa shape index (κ3) is 5.45. The number of nitrogens with zero attached hydrogens (tertiary/aromatic N) is 4. The number of aromatic amines is 1. The molecule has 1 amide bonds. The van der Waals surface area contributed by atoms with Crippen LogP contribution in [-0.4, -0.2) is 64.0 Å². The molecule has 0 radical (unpaired) electrons. The molecule has 0 spiro atoms. The van der Waals surface area contributed by atoms with Crippen LogP contribution in [0.25, 0.3) is 10.5 Å². The summed E-state index contributed by atoms with van der Waals surface area (Å²) in [5, 5.41) is 2.98. The summed E-state index contributed by atoms with van der Waals surface area (Å²) < 4.78 is 13.1. The van der Waals surface area contributed by atoms with Crippen LogP contribution in [0.2, 0.25) is 0 Å². The molecule has 1 saturated heterocycles. The van der Waals surface area contributed by atoms with Gasteiger partial charge in [-0.05, 0) is 63.2 Å². The van der Waals surface area contributed by atoms with Gasteiger partial charge in [0, 0.05) is 13.1 Å². The first-order valence-corrected chi connectivity index (χ1v) is 13.0. The first kappa shape index (κ1) is 26.9. The number of hydrogen-bond donors (Lipinski definition) is 1. The Labute approximate surface area is 217 Å². The molecule has 2 aliphatic rings. The SMILES string of the molecule is [C-]#[N+]c1c(C(=O)OC2C(C)CC(C)CC2C)c2nc(C)[nH]n2c1OC(=O)N1CCC(C(C)OOC)CC1. The lowest BCUT2D eigenvalue weighted by molar-refractivity contribution is -0.312. The van der Waals surface area contributed by atoms with Crippen LogP contribution < -0.4 is 4.74 Å². The first-order chi connectivity index (χ1) is 17.6. The van der Waals surface area contributed by atoms with Gasteiger partial charge < -0.3 is 14.4 Å². The second-order valence-electron chi connectivity index (χ2n) is 10.7. The predicted molar refractivity (Wildman–Crippen MR) is 134 cm³/mol. The van der Waals surface area contributed by atoms with E-state index in [0.717, 1.165) is 25.7 Å². The summed E-state index contributed by atoms with van der Waals surface area (Å²) in [4.78, 5) is 46.1. The number of amides is 1. The molecule has 1 N–H and O–H groups in total. The number of carbonyl (C=O) groups is 2. The van der Waals surface area contributed by atoms with Crippen molar-refractivity contribution in [3.63, 3.8) is 0 Å². The summed E-state index contributed by atoms with van der Waals surface area (Å²) >= 11 is 0. The summed E-state index contributed by atoms with van der Waals surface area (Å²) in [5.41, 5.74) is 0.146. The molecule has 1 aliphatic heterocycles. The number of aryl methyl sites for hydroxylation is 1. The Morgan fingerprint density at radius 1 is 1.16 bits per heavy atom. The van der Waals surface area contributed by atoms with E-state index in [1.54, 1.807) is 11.8 Å². The van der Waals surface area contributed by atoms with Crippen LogP contribution in [0, 0.1) is 37.2 Å². The highest BCUT2D eigenvalue weighted by molar-refractivity contribution is 6.05. The lowest BCUT2D eigenvalue weighted by atomic mass is 9.75. The van der Waals surface area contributed by atoms with Crippen LogP contribution >= 0.6 is 0 Å². The van der Waals surface area contributed by atoms with Gasteiger partial charge in [0.2, 0.25) is 5.88 Å². The maximum Gasteiger partial charge on any atom is 0.415 e. The number of H-pyrrole nitrogens is 1. The minimum absolute atomic E-state index is 0.0180. The van der Waals surface area contributed by atoms with Crippen molar-refractivity contribution >= 4 is 23.4 Å². The molecular formula is C26H37N5O6. The normalized spacial score (nSPS) is 25.6. The van der Waals surface area contributed by atoms with E-state index in [9.17, 15) is 9.59 Å². The molecule has 1 saturated carbocycles. The van der Waals surface area contributed by atoms with Crippen LogP contribution in [0.3, 0.4) is 0 Å². The monoisotopic (exact) mass is 515 g/mol. The number of aromatic nitrogens is 3. The van der Waals surface area contributed by atoms with Crippen molar-refractivity contribution in [2.24, 2.45) is 23.7 Å². The topological polar surface area (TPSA) is 112 Å². The Morgan fingerprint density at radius 3 is 2.41 bits per heavy atom. The second-order valence-corrected chi connectivity index (χ2v) is 10.7. The van der Waals surface area contributed by atoms with Gasteiger partial charge in [0.15, 0.2) is 5.65 Å². The fourth-order valence-electron chi connectivity index (χ4n) is 6.01. The molecule has 37 heavy (non-hydrogen) atoms. The third-order valence-corrected chi connectivity index (χ3v) is 7.75. The Balaban J connectivity index is 1.55. The number of carbonyl (C=O) groups excluding carboxylic acids is 2. The van der Waals surface area contributed by atoms with Gasteiger partial charge in [-0.15, -0.1) is 0 Å². The zero-order valence-electron chi connectivity index (χ0n) is 22.4. The second kappa shape index (κ2) is 11.1. The van der Waals surface area contributed by atoms with Gasteiger partial charge in [0.05, 0.1) is 19.8 Å². The first-order valence-electron chi connectivity index (χ1n) is 13.0. The summed E-state index contributed by atoms with van der Waals surface area (Å²) in [6.45, 7) is 18.8. The summed E-state index contributed by atoms with van der Waals surface area (Å²) in [6.07, 6.45) is 2.49. The maximum absolute atomic E-state index is 13.4. The number of rotatable bonds is 6. The average Bonchev–Trinajstić information content (AvgIpc) is 3.36. The van der Waals surface area contributed by atoms with E-state index in [0.29, 0.717) is 24.8 Å². The number of piperidine rings is 1. The molecule has 3 unspecified atom stereocenters. The molecule has 2 aromatic heterocycles. The Kier molecular flexibility index (Phi) is 8.09. The van der Waals surface area contributed by atoms with Crippen LogP contribution in [0.15, 0.2) is 0 Å². The zero-order valence-corrected chi connectivity index (χ0v) is 22.4. The molecule has 11 nitrogen and oxygen atoms in total. The van der Waals surface area contributed by atoms with Gasteiger partial charge in [-0.2, -0.15) is 0 Å². The van der Waals surface area contributed by atoms with Crippen molar-refractivity contribution in [2.75, 3.05) is 20.2 Å². The summed E-state index contributed by atoms with van der Waals surface area (Å²) in [7, 11) is 1.48. The van der Waals surface area contributed by atoms with Crippen molar-refractivity contribution in [3.05, 3.63) is 22.8 Å². The van der Waals surface area contributed by atoms with Crippen molar-refractivity contribution in [1.29, 1.82) is 0 Å². The number of hydrogen-bond acceptors (Lipinski definition) is 7.